The fraction of sp³-hybridized carbons (Fsp3) is 0.489. The van der Waals surface area contributed by atoms with Gasteiger partial charge in [-0.05, 0) is 131 Å². The molecule has 1 aromatic heterocycles. The molecule has 1 aliphatic carbocycles. The van der Waals surface area contributed by atoms with Crippen molar-refractivity contribution in [2.75, 3.05) is 25.0 Å². The predicted octanol–water partition coefficient (Wildman–Crippen LogP) is 7.61. The van der Waals surface area contributed by atoms with E-state index in [4.69, 9.17) is 9.72 Å². The summed E-state index contributed by atoms with van der Waals surface area (Å²) in [5.74, 6) is 0.625. The molecule has 2 aliphatic rings. The molecular formula is C47H61N7O7. The van der Waals surface area contributed by atoms with E-state index in [0.717, 1.165) is 58.4 Å². The molecule has 4 aromatic rings. The number of anilines is 1. The Morgan fingerprint density at radius 3 is 2.25 bits per heavy atom. The highest BCUT2D eigenvalue weighted by molar-refractivity contribution is 5.99. The monoisotopic (exact) mass is 835 g/mol. The number of aromatic nitrogens is 2. The summed E-state index contributed by atoms with van der Waals surface area (Å²) in [4.78, 5) is 73.8. The number of benzene rings is 3. The largest absolute Gasteiger partial charge is 0.465 e. The van der Waals surface area contributed by atoms with Crippen molar-refractivity contribution in [3.8, 4) is 11.1 Å². The molecule has 326 valence electrons. The summed E-state index contributed by atoms with van der Waals surface area (Å²) in [6, 6.07) is 18.1. The molecule has 2 fully saturated rings. The van der Waals surface area contributed by atoms with Crippen LogP contribution < -0.4 is 21.3 Å². The number of imidazole rings is 1. The number of carbonyl (C=O) groups excluding carboxylic acids is 4. The number of hydrogen-bond donors (Lipinski definition) is 6. The number of likely N-dealkylation sites (tertiary alicyclic amines) is 1. The first-order chi connectivity index (χ1) is 29.0. The fourth-order valence-corrected chi connectivity index (χ4v) is 8.19. The summed E-state index contributed by atoms with van der Waals surface area (Å²) in [5.41, 5.74) is 5.89. The maximum Gasteiger partial charge on any atom is 0.407 e. The van der Waals surface area contributed by atoms with Gasteiger partial charge in [-0.15, -0.1) is 0 Å². The Kier molecular flexibility index (Phi) is 14.4. The molecule has 0 spiro atoms. The van der Waals surface area contributed by atoms with E-state index in [9.17, 15) is 29.1 Å². The van der Waals surface area contributed by atoms with Crippen molar-refractivity contribution < 1.29 is 33.8 Å². The van der Waals surface area contributed by atoms with Crippen LogP contribution in [0.2, 0.25) is 0 Å². The molecule has 14 nitrogen and oxygen atoms in total. The fourth-order valence-electron chi connectivity index (χ4n) is 8.19. The molecule has 1 saturated heterocycles. The summed E-state index contributed by atoms with van der Waals surface area (Å²) >= 11 is 0. The molecule has 0 radical (unpaired) electrons. The Hall–Kier alpha value is -5.92. The number of hydrogen-bond acceptors (Lipinski definition) is 7. The third kappa shape index (κ3) is 12.6. The van der Waals surface area contributed by atoms with Crippen molar-refractivity contribution in [3.05, 3.63) is 83.2 Å². The molecule has 5 amide bonds. The minimum atomic E-state index is -0.936. The van der Waals surface area contributed by atoms with E-state index in [2.05, 4.69) is 40.1 Å². The van der Waals surface area contributed by atoms with Gasteiger partial charge in [0.15, 0.2) is 0 Å². The summed E-state index contributed by atoms with van der Waals surface area (Å²) in [7, 11) is 0. The zero-order chi connectivity index (χ0) is 43.8. The molecule has 1 saturated carbocycles. The third-order valence-electron chi connectivity index (χ3n) is 11.5. The number of aromatic amines is 1. The first-order valence-electron chi connectivity index (χ1n) is 21.5. The number of carboxylic acid groups (broad SMARTS) is 1. The van der Waals surface area contributed by atoms with Crippen LogP contribution in [0.3, 0.4) is 0 Å². The molecule has 6 N–H and O–H groups in total. The number of nitrogens with one attached hydrogen (secondary N) is 5. The number of nitrogens with zero attached hydrogens (tertiary/aromatic N) is 2. The number of amides is 5. The SMILES string of the molecule is Cc1cc(C(=O)NC2CCN(C(=O)O)CC2)ccc1-c1ccc(C[C@H](NC(=O)[C@H]2CC[C@H](CNC(=O)OC(C)(C)C)CC2)C(=O)Nc2ccc3[nH]c(CC(C)C)nc3c2)cc1. The van der Waals surface area contributed by atoms with Crippen LogP contribution in [0.5, 0.6) is 0 Å². The lowest BCUT2D eigenvalue weighted by Gasteiger charge is -2.30. The van der Waals surface area contributed by atoms with Gasteiger partial charge < -0.3 is 41.0 Å². The van der Waals surface area contributed by atoms with Gasteiger partial charge in [-0.3, -0.25) is 14.4 Å². The van der Waals surface area contributed by atoms with E-state index >= 15 is 0 Å². The van der Waals surface area contributed by atoms with Crippen LogP contribution in [0.15, 0.2) is 60.7 Å². The minimum Gasteiger partial charge on any atom is -0.465 e. The van der Waals surface area contributed by atoms with Crippen LogP contribution in [-0.2, 0) is 27.2 Å². The van der Waals surface area contributed by atoms with Gasteiger partial charge in [0, 0.05) is 55.7 Å². The highest BCUT2D eigenvalue weighted by atomic mass is 16.6. The van der Waals surface area contributed by atoms with E-state index in [-0.39, 0.29) is 42.0 Å². The summed E-state index contributed by atoms with van der Waals surface area (Å²) < 4.78 is 5.37. The minimum absolute atomic E-state index is 0.0798. The number of ether oxygens (including phenoxy) is 1. The van der Waals surface area contributed by atoms with Crippen LogP contribution in [0.1, 0.15) is 100 Å². The average molecular weight is 836 g/mol. The Balaban J connectivity index is 1.11. The zero-order valence-corrected chi connectivity index (χ0v) is 36.2. The maximum atomic E-state index is 14.0. The van der Waals surface area contributed by atoms with Gasteiger partial charge in [0.05, 0.1) is 11.0 Å². The van der Waals surface area contributed by atoms with Crippen LogP contribution in [0, 0.1) is 24.7 Å². The maximum absolute atomic E-state index is 14.0. The first kappa shape index (κ1) is 44.6. The molecule has 0 unspecified atom stereocenters. The first-order valence-corrected chi connectivity index (χ1v) is 21.5. The smallest absolute Gasteiger partial charge is 0.407 e. The van der Waals surface area contributed by atoms with Crippen LogP contribution in [0.25, 0.3) is 22.2 Å². The van der Waals surface area contributed by atoms with Crippen LogP contribution in [0.4, 0.5) is 15.3 Å². The van der Waals surface area contributed by atoms with Gasteiger partial charge in [-0.25, -0.2) is 14.6 Å². The standard InChI is InChI=1S/C47H61N7O7/c1-28(2)23-41-51-38-18-16-36(26-39(38)52-41)50-44(57)40(53-42(55)33-13-9-31(10-14-33)27-48-45(58)61-47(4,5)6)25-30-7-11-32(12-8-30)37-17-15-34(24-29(37)3)43(56)49-35-19-21-54(22-20-35)46(59)60/h7-8,11-12,15-18,24,26,28,31,33,35,40H,9-10,13-14,19-23,25,27H2,1-6H3,(H,48,58)(H,49,56)(H,50,57)(H,51,52)(H,53,55)(H,59,60)/t31-,33-,40-/m0/s1. The molecular weight excluding hydrogens is 775 g/mol. The van der Waals surface area contributed by atoms with Gasteiger partial charge >= 0.3 is 12.2 Å². The topological polar surface area (TPSA) is 195 Å². The van der Waals surface area contributed by atoms with Crippen molar-refractivity contribution in [1.82, 2.24) is 30.8 Å². The third-order valence-corrected chi connectivity index (χ3v) is 11.5. The molecule has 1 aliphatic heterocycles. The Morgan fingerprint density at radius 1 is 0.902 bits per heavy atom. The Morgan fingerprint density at radius 2 is 1.61 bits per heavy atom. The van der Waals surface area contributed by atoms with Gasteiger partial charge in [0.25, 0.3) is 5.91 Å². The van der Waals surface area contributed by atoms with Gasteiger partial charge in [-0.1, -0.05) is 44.2 Å². The second kappa shape index (κ2) is 19.6. The van der Waals surface area contributed by atoms with E-state index in [0.29, 0.717) is 62.5 Å². The quantitative estimate of drug-likeness (QED) is 0.0792. The second-order valence-electron chi connectivity index (χ2n) is 18.1. The van der Waals surface area contributed by atoms with E-state index < -0.39 is 23.8 Å². The number of aryl methyl sites for hydroxylation is 1. The number of rotatable bonds is 13. The molecule has 0 bridgehead atoms. The molecule has 1 atom stereocenters. The van der Waals surface area contributed by atoms with Crippen molar-refractivity contribution in [1.29, 1.82) is 0 Å². The van der Waals surface area contributed by atoms with Crippen LogP contribution in [-0.4, -0.2) is 87.2 Å². The van der Waals surface area contributed by atoms with Crippen molar-refractivity contribution in [3.63, 3.8) is 0 Å². The molecule has 14 heteroatoms. The van der Waals surface area contributed by atoms with E-state index in [1.807, 2.05) is 82.3 Å². The molecule has 61 heavy (non-hydrogen) atoms. The molecule has 3 aromatic carbocycles. The van der Waals surface area contributed by atoms with Crippen molar-refractivity contribution in [2.24, 2.45) is 17.8 Å². The van der Waals surface area contributed by atoms with Gasteiger partial charge in [0.2, 0.25) is 11.8 Å². The lowest BCUT2D eigenvalue weighted by molar-refractivity contribution is -0.130. The molecule has 2 heterocycles. The Labute approximate surface area is 358 Å². The number of fused-ring (bicyclic) bond motifs is 1. The summed E-state index contributed by atoms with van der Waals surface area (Å²) in [6.07, 6.45) is 3.68. The number of carbonyl (C=O) groups is 5. The highest BCUT2D eigenvalue weighted by Crippen LogP contribution is 2.30. The van der Waals surface area contributed by atoms with E-state index in [1.165, 1.54) is 4.90 Å². The predicted molar refractivity (Wildman–Crippen MR) is 235 cm³/mol. The second-order valence-corrected chi connectivity index (χ2v) is 18.1. The number of alkyl carbamates (subject to hydrolysis) is 1. The summed E-state index contributed by atoms with van der Waals surface area (Å²) in [5, 5.41) is 21.3. The normalized spacial score (nSPS) is 17.7. The molecule has 6 rings (SSSR count). The Bertz CT molecular complexity index is 2190. The zero-order valence-electron chi connectivity index (χ0n) is 36.2. The van der Waals surface area contributed by atoms with Crippen molar-refractivity contribution in [2.45, 2.75) is 111 Å². The lowest BCUT2D eigenvalue weighted by Crippen LogP contribution is -2.48. The van der Waals surface area contributed by atoms with Gasteiger partial charge in [0.1, 0.15) is 17.5 Å². The average Bonchev–Trinajstić information content (AvgIpc) is 3.60. The lowest BCUT2D eigenvalue weighted by atomic mass is 9.81. The van der Waals surface area contributed by atoms with Crippen LogP contribution >= 0.6 is 0 Å². The number of H-pyrrole nitrogens is 1. The van der Waals surface area contributed by atoms with E-state index in [1.54, 1.807) is 6.07 Å². The van der Waals surface area contributed by atoms with Crippen molar-refractivity contribution >= 4 is 46.6 Å². The summed E-state index contributed by atoms with van der Waals surface area (Å²) in [6.45, 7) is 13.0. The highest BCUT2D eigenvalue weighted by Gasteiger charge is 2.31. The van der Waals surface area contributed by atoms with Gasteiger partial charge in [-0.2, -0.15) is 0 Å². The number of piperidine rings is 1.